The summed E-state index contributed by atoms with van der Waals surface area (Å²) in [6.07, 6.45) is 7.65. The molecule has 2 heterocycles. The van der Waals surface area contributed by atoms with Crippen LogP contribution in [0.5, 0.6) is 23.0 Å². The van der Waals surface area contributed by atoms with Crippen molar-refractivity contribution in [3.63, 3.8) is 0 Å². The molecule has 0 radical (unpaired) electrons. The number of nitrogens with zero attached hydrogens (tertiary/aromatic N) is 4. The number of benzene rings is 4. The molecule has 2 amide bonds. The molecule has 6 rings (SSSR count). The van der Waals surface area contributed by atoms with Crippen molar-refractivity contribution in [2.75, 3.05) is 26.3 Å². The minimum Gasteiger partial charge on any atom is -0.494 e. The first-order chi connectivity index (χ1) is 28.1. The molecule has 302 valence electrons. The molecule has 58 heavy (non-hydrogen) atoms. The number of amidine groups is 2. The van der Waals surface area contributed by atoms with Gasteiger partial charge in [0.2, 0.25) is 0 Å². The lowest BCUT2D eigenvalue weighted by Gasteiger charge is -2.24. The molecule has 0 spiro atoms. The molecule has 10 heteroatoms. The van der Waals surface area contributed by atoms with Crippen molar-refractivity contribution < 1.29 is 28.5 Å². The van der Waals surface area contributed by atoms with Crippen LogP contribution in [0, 0.1) is 0 Å². The third kappa shape index (κ3) is 10.8. The van der Waals surface area contributed by atoms with E-state index in [1.165, 1.54) is 0 Å². The van der Waals surface area contributed by atoms with Gasteiger partial charge in [-0.3, -0.25) is 19.4 Å². The predicted octanol–water partition coefficient (Wildman–Crippen LogP) is 9.58. The standard InChI is InChI=1S/C48H54N4O6/c1-7-9-29-55-39-23-15-37(16-24-39)45-49-43(31-35-11-19-41(20-12-35)57-33(3)4)47(53)51(45)27-28-52-46(38-17-25-40(26-18-38)56-30-10-8-2)50-44(48(52)54)32-36-13-21-42(22-14-36)58-34(5)6/h11-26,31-34H,7-10,27-30H2,1-6H3/b43-31-,44-32+. The molecular formula is C48H54N4O6. The summed E-state index contributed by atoms with van der Waals surface area (Å²) in [6.45, 7) is 13.8. The zero-order valence-electron chi connectivity index (χ0n) is 34.4. The Hall–Kier alpha value is -6.16. The third-order valence-electron chi connectivity index (χ3n) is 9.31. The van der Waals surface area contributed by atoms with Crippen molar-refractivity contribution in [1.82, 2.24) is 9.80 Å². The number of amides is 2. The van der Waals surface area contributed by atoms with Crippen molar-refractivity contribution in [2.24, 2.45) is 9.98 Å². The van der Waals surface area contributed by atoms with Crippen LogP contribution in [0.25, 0.3) is 12.2 Å². The van der Waals surface area contributed by atoms with Gasteiger partial charge in [-0.15, -0.1) is 0 Å². The fraction of sp³-hybridized carbons (Fsp3) is 0.333. The quantitative estimate of drug-likeness (QED) is 0.0694. The van der Waals surface area contributed by atoms with Crippen molar-refractivity contribution >= 4 is 35.6 Å². The lowest BCUT2D eigenvalue weighted by atomic mass is 10.1. The first-order valence-corrected chi connectivity index (χ1v) is 20.4. The van der Waals surface area contributed by atoms with Gasteiger partial charge < -0.3 is 18.9 Å². The van der Waals surface area contributed by atoms with Crippen LogP contribution in [0.1, 0.15) is 89.5 Å². The number of unbranched alkanes of at least 4 members (excludes halogenated alkanes) is 2. The molecule has 0 bridgehead atoms. The van der Waals surface area contributed by atoms with E-state index in [0.717, 1.165) is 70.9 Å². The van der Waals surface area contributed by atoms with Crippen LogP contribution in [0.4, 0.5) is 0 Å². The third-order valence-corrected chi connectivity index (χ3v) is 9.31. The Kier molecular flexibility index (Phi) is 14.2. The maximum absolute atomic E-state index is 14.3. The van der Waals surface area contributed by atoms with Crippen LogP contribution in [0.2, 0.25) is 0 Å². The Labute approximate surface area is 342 Å². The second kappa shape index (κ2) is 19.8. The van der Waals surface area contributed by atoms with E-state index < -0.39 is 0 Å². The van der Waals surface area contributed by atoms with Gasteiger partial charge in [0.15, 0.2) is 0 Å². The Balaban J connectivity index is 1.29. The highest BCUT2D eigenvalue weighted by Gasteiger charge is 2.35. The monoisotopic (exact) mass is 782 g/mol. The Morgan fingerprint density at radius 3 is 1.19 bits per heavy atom. The highest BCUT2D eigenvalue weighted by atomic mass is 16.5. The lowest BCUT2D eigenvalue weighted by molar-refractivity contribution is -0.125. The Bertz CT molecular complexity index is 1980. The summed E-state index contributed by atoms with van der Waals surface area (Å²) in [5.74, 6) is 3.46. The summed E-state index contributed by atoms with van der Waals surface area (Å²) >= 11 is 0. The van der Waals surface area contributed by atoms with E-state index in [9.17, 15) is 9.59 Å². The van der Waals surface area contributed by atoms with E-state index >= 15 is 0 Å². The van der Waals surface area contributed by atoms with E-state index in [1.54, 1.807) is 22.0 Å². The van der Waals surface area contributed by atoms with Crippen LogP contribution in [0.3, 0.4) is 0 Å². The fourth-order valence-corrected chi connectivity index (χ4v) is 6.37. The second-order valence-electron chi connectivity index (χ2n) is 14.8. The summed E-state index contributed by atoms with van der Waals surface area (Å²) in [7, 11) is 0. The molecule has 0 saturated carbocycles. The molecule has 0 N–H and O–H groups in total. The van der Waals surface area contributed by atoms with Crippen LogP contribution >= 0.6 is 0 Å². The van der Waals surface area contributed by atoms with Gasteiger partial charge in [0, 0.05) is 24.2 Å². The fourth-order valence-electron chi connectivity index (χ4n) is 6.37. The summed E-state index contributed by atoms with van der Waals surface area (Å²) in [5, 5.41) is 0. The summed E-state index contributed by atoms with van der Waals surface area (Å²) in [4.78, 5) is 41.6. The summed E-state index contributed by atoms with van der Waals surface area (Å²) in [5.41, 5.74) is 3.73. The molecule has 0 atom stereocenters. The van der Waals surface area contributed by atoms with Crippen LogP contribution in [-0.4, -0.2) is 71.8 Å². The minimum absolute atomic E-state index is 0.0459. The van der Waals surface area contributed by atoms with E-state index in [-0.39, 0.29) is 37.1 Å². The smallest absolute Gasteiger partial charge is 0.278 e. The molecule has 2 aliphatic heterocycles. The largest absolute Gasteiger partial charge is 0.494 e. The van der Waals surface area contributed by atoms with E-state index in [1.807, 2.05) is 125 Å². The van der Waals surface area contributed by atoms with Gasteiger partial charge in [-0.25, -0.2) is 9.98 Å². The Morgan fingerprint density at radius 1 is 0.517 bits per heavy atom. The molecule has 2 aliphatic rings. The van der Waals surface area contributed by atoms with Gasteiger partial charge in [0.05, 0.1) is 25.4 Å². The Morgan fingerprint density at radius 2 is 0.862 bits per heavy atom. The zero-order valence-corrected chi connectivity index (χ0v) is 34.4. The van der Waals surface area contributed by atoms with Crippen molar-refractivity contribution in [2.45, 2.75) is 79.4 Å². The number of ether oxygens (including phenoxy) is 4. The molecule has 0 saturated heterocycles. The van der Waals surface area contributed by atoms with E-state index in [0.29, 0.717) is 36.3 Å². The maximum Gasteiger partial charge on any atom is 0.278 e. The zero-order chi connectivity index (χ0) is 41.0. The molecule has 0 aliphatic carbocycles. The lowest BCUT2D eigenvalue weighted by Crippen LogP contribution is -2.42. The average molecular weight is 783 g/mol. The van der Waals surface area contributed by atoms with Gasteiger partial charge in [-0.2, -0.15) is 0 Å². The van der Waals surface area contributed by atoms with Crippen molar-refractivity contribution in [3.8, 4) is 23.0 Å². The van der Waals surface area contributed by atoms with E-state index in [2.05, 4.69) is 13.8 Å². The SMILES string of the molecule is CCCCOc1ccc(C2=N/C(=C\c3ccc(OC(C)C)cc3)C(=O)N2CCN2C(=O)/C(=C\c3ccc(OC(C)C)cc3)N=C2c2ccc(OCCCC)cc2)cc1. The topological polar surface area (TPSA) is 102 Å². The van der Waals surface area contributed by atoms with Crippen LogP contribution < -0.4 is 18.9 Å². The number of hydrogen-bond acceptors (Lipinski definition) is 8. The number of carbonyl (C=O) groups is 2. The molecule has 4 aromatic carbocycles. The van der Waals surface area contributed by atoms with Crippen molar-refractivity contribution in [1.29, 1.82) is 0 Å². The van der Waals surface area contributed by atoms with Crippen LogP contribution in [0.15, 0.2) is 118 Å². The maximum atomic E-state index is 14.3. The highest BCUT2D eigenvalue weighted by Crippen LogP contribution is 2.28. The van der Waals surface area contributed by atoms with Crippen LogP contribution in [-0.2, 0) is 9.59 Å². The predicted molar refractivity (Wildman–Crippen MR) is 231 cm³/mol. The number of hydrogen-bond donors (Lipinski definition) is 0. The van der Waals surface area contributed by atoms with Gasteiger partial charge in [0.1, 0.15) is 46.1 Å². The number of aliphatic imine (C=N–C) groups is 2. The second-order valence-corrected chi connectivity index (χ2v) is 14.8. The minimum atomic E-state index is -0.265. The molecule has 0 aromatic heterocycles. The first kappa shape index (κ1) is 41.5. The summed E-state index contributed by atoms with van der Waals surface area (Å²) < 4.78 is 23.5. The normalized spacial score (nSPS) is 15.5. The van der Waals surface area contributed by atoms with E-state index in [4.69, 9.17) is 28.9 Å². The number of carbonyl (C=O) groups excluding carboxylic acids is 2. The molecule has 10 nitrogen and oxygen atoms in total. The van der Waals surface area contributed by atoms with Crippen molar-refractivity contribution in [3.05, 3.63) is 131 Å². The summed E-state index contributed by atoms with van der Waals surface area (Å²) in [6, 6.07) is 30.4. The average Bonchev–Trinajstić information content (AvgIpc) is 3.69. The molecular weight excluding hydrogens is 729 g/mol. The van der Waals surface area contributed by atoms with Gasteiger partial charge in [0.25, 0.3) is 11.8 Å². The first-order valence-electron chi connectivity index (χ1n) is 20.4. The van der Waals surface area contributed by atoms with Gasteiger partial charge in [-0.05, 0) is 137 Å². The molecule has 0 unspecified atom stereocenters. The highest BCUT2D eigenvalue weighted by molar-refractivity contribution is 6.21. The number of rotatable bonds is 19. The molecule has 4 aromatic rings. The van der Waals surface area contributed by atoms with Gasteiger partial charge in [-0.1, -0.05) is 51.0 Å². The molecule has 0 fully saturated rings. The van der Waals surface area contributed by atoms with Gasteiger partial charge >= 0.3 is 0 Å².